The molecular formula is C15H10Cl2N2. The van der Waals surface area contributed by atoms with E-state index in [0.717, 1.165) is 16.9 Å². The summed E-state index contributed by atoms with van der Waals surface area (Å²) in [6, 6.07) is 17.2. The molecule has 0 radical (unpaired) electrons. The summed E-state index contributed by atoms with van der Waals surface area (Å²) in [6.07, 6.45) is 1.76. The van der Waals surface area contributed by atoms with Crippen molar-refractivity contribution in [2.45, 2.75) is 0 Å². The molecule has 0 spiro atoms. The minimum Gasteiger partial charge on any atom is -0.232 e. The van der Waals surface area contributed by atoms with Crippen molar-refractivity contribution in [1.82, 2.24) is 9.78 Å². The lowest BCUT2D eigenvalue weighted by Crippen LogP contribution is -1.99. The maximum absolute atomic E-state index is 6.22. The standard InChI is InChI=1S/C15H10Cl2N2/c16-12-7-5-11(6-8-12)14-9-10-18-19(14)15-4-2-1-3-13(15)17/h1-10H. The van der Waals surface area contributed by atoms with Crippen LogP contribution in [0.4, 0.5) is 0 Å². The highest BCUT2D eigenvalue weighted by atomic mass is 35.5. The largest absolute Gasteiger partial charge is 0.232 e. The van der Waals surface area contributed by atoms with E-state index in [1.165, 1.54) is 0 Å². The fourth-order valence-corrected chi connectivity index (χ4v) is 2.30. The third-order valence-corrected chi connectivity index (χ3v) is 3.43. The van der Waals surface area contributed by atoms with E-state index in [1.54, 1.807) is 6.20 Å². The second kappa shape index (κ2) is 5.08. The second-order valence-corrected chi connectivity index (χ2v) is 4.93. The van der Waals surface area contributed by atoms with Gasteiger partial charge >= 0.3 is 0 Å². The van der Waals surface area contributed by atoms with E-state index in [2.05, 4.69) is 5.10 Å². The van der Waals surface area contributed by atoms with Crippen LogP contribution < -0.4 is 0 Å². The molecule has 1 heterocycles. The molecular weight excluding hydrogens is 279 g/mol. The van der Waals surface area contributed by atoms with Gasteiger partial charge in [0.05, 0.1) is 22.6 Å². The molecule has 0 unspecified atom stereocenters. The van der Waals surface area contributed by atoms with Gasteiger partial charge in [0.25, 0.3) is 0 Å². The van der Waals surface area contributed by atoms with Crippen molar-refractivity contribution in [3.63, 3.8) is 0 Å². The fraction of sp³-hybridized carbons (Fsp3) is 0. The zero-order chi connectivity index (χ0) is 13.2. The van der Waals surface area contributed by atoms with Gasteiger partial charge in [-0.05, 0) is 30.3 Å². The van der Waals surface area contributed by atoms with Gasteiger partial charge < -0.3 is 0 Å². The van der Waals surface area contributed by atoms with Crippen LogP contribution in [0.5, 0.6) is 0 Å². The van der Waals surface area contributed by atoms with E-state index >= 15 is 0 Å². The van der Waals surface area contributed by atoms with E-state index in [4.69, 9.17) is 23.2 Å². The summed E-state index contributed by atoms with van der Waals surface area (Å²) in [4.78, 5) is 0. The molecule has 0 aliphatic rings. The minimum atomic E-state index is 0.668. The topological polar surface area (TPSA) is 17.8 Å². The summed E-state index contributed by atoms with van der Waals surface area (Å²) in [6.45, 7) is 0. The van der Waals surface area contributed by atoms with Crippen molar-refractivity contribution < 1.29 is 0 Å². The smallest absolute Gasteiger partial charge is 0.0839 e. The highest BCUT2D eigenvalue weighted by Gasteiger charge is 2.09. The fourth-order valence-electron chi connectivity index (χ4n) is 1.96. The molecule has 4 heteroatoms. The first-order valence-electron chi connectivity index (χ1n) is 5.80. The summed E-state index contributed by atoms with van der Waals surface area (Å²) in [5, 5.41) is 5.73. The normalized spacial score (nSPS) is 10.6. The number of rotatable bonds is 2. The number of para-hydroxylation sites is 1. The molecule has 0 aliphatic heterocycles. The maximum atomic E-state index is 6.22. The SMILES string of the molecule is Clc1ccc(-c2ccnn2-c2ccccc2Cl)cc1. The molecule has 1 aromatic heterocycles. The van der Waals surface area contributed by atoms with Gasteiger partial charge in [-0.15, -0.1) is 0 Å². The summed E-state index contributed by atoms with van der Waals surface area (Å²) in [7, 11) is 0. The van der Waals surface area contributed by atoms with Gasteiger partial charge in [0.15, 0.2) is 0 Å². The first kappa shape index (κ1) is 12.3. The first-order chi connectivity index (χ1) is 9.25. The Morgan fingerprint density at radius 1 is 0.842 bits per heavy atom. The van der Waals surface area contributed by atoms with Crippen LogP contribution in [-0.2, 0) is 0 Å². The Morgan fingerprint density at radius 2 is 1.58 bits per heavy atom. The van der Waals surface area contributed by atoms with Gasteiger partial charge in [0.2, 0.25) is 0 Å². The molecule has 0 bridgehead atoms. The van der Waals surface area contributed by atoms with Gasteiger partial charge in [-0.1, -0.05) is 47.5 Å². The van der Waals surface area contributed by atoms with Crippen LogP contribution in [0.3, 0.4) is 0 Å². The monoisotopic (exact) mass is 288 g/mol. The zero-order valence-electron chi connectivity index (χ0n) is 9.92. The number of hydrogen-bond donors (Lipinski definition) is 0. The Labute approximate surface area is 121 Å². The van der Waals surface area contributed by atoms with E-state index in [0.29, 0.717) is 10.0 Å². The Hall–Kier alpha value is -1.77. The third kappa shape index (κ3) is 2.37. The number of nitrogens with zero attached hydrogens (tertiary/aromatic N) is 2. The predicted octanol–water partition coefficient (Wildman–Crippen LogP) is 4.85. The molecule has 2 aromatic carbocycles. The minimum absolute atomic E-state index is 0.668. The molecule has 0 atom stereocenters. The average Bonchev–Trinajstić information content (AvgIpc) is 2.89. The van der Waals surface area contributed by atoms with Crippen LogP contribution in [0.15, 0.2) is 60.8 Å². The van der Waals surface area contributed by atoms with E-state index < -0.39 is 0 Å². The molecule has 0 aliphatic carbocycles. The molecule has 0 N–H and O–H groups in total. The lowest BCUT2D eigenvalue weighted by molar-refractivity contribution is 0.888. The summed E-state index contributed by atoms with van der Waals surface area (Å²) in [5.74, 6) is 0. The maximum Gasteiger partial charge on any atom is 0.0839 e. The Kier molecular flexibility index (Phi) is 3.28. The van der Waals surface area contributed by atoms with Crippen molar-refractivity contribution >= 4 is 23.2 Å². The Bertz CT molecular complexity index is 702. The first-order valence-corrected chi connectivity index (χ1v) is 6.56. The molecule has 3 rings (SSSR count). The van der Waals surface area contributed by atoms with E-state index in [1.807, 2.05) is 59.3 Å². The van der Waals surface area contributed by atoms with Gasteiger partial charge in [-0.3, -0.25) is 0 Å². The molecule has 0 saturated carbocycles. The lowest BCUT2D eigenvalue weighted by atomic mass is 10.1. The van der Waals surface area contributed by atoms with Gasteiger partial charge in [-0.25, -0.2) is 4.68 Å². The number of hydrogen-bond acceptors (Lipinski definition) is 1. The van der Waals surface area contributed by atoms with Gasteiger partial charge in [-0.2, -0.15) is 5.10 Å². The lowest BCUT2D eigenvalue weighted by Gasteiger charge is -2.09. The second-order valence-electron chi connectivity index (χ2n) is 4.09. The number of aromatic nitrogens is 2. The molecule has 19 heavy (non-hydrogen) atoms. The predicted molar refractivity (Wildman–Crippen MR) is 79.0 cm³/mol. The molecule has 94 valence electrons. The highest BCUT2D eigenvalue weighted by molar-refractivity contribution is 6.32. The number of benzene rings is 2. The van der Waals surface area contributed by atoms with Crippen LogP contribution in [0.1, 0.15) is 0 Å². The van der Waals surface area contributed by atoms with Crippen molar-refractivity contribution in [3.8, 4) is 16.9 Å². The third-order valence-electron chi connectivity index (χ3n) is 2.86. The van der Waals surface area contributed by atoms with Crippen molar-refractivity contribution in [2.24, 2.45) is 0 Å². The highest BCUT2D eigenvalue weighted by Crippen LogP contribution is 2.27. The molecule has 2 nitrogen and oxygen atoms in total. The van der Waals surface area contributed by atoms with E-state index in [9.17, 15) is 0 Å². The van der Waals surface area contributed by atoms with Crippen LogP contribution in [-0.4, -0.2) is 9.78 Å². The summed E-state index contributed by atoms with van der Waals surface area (Å²) < 4.78 is 1.82. The van der Waals surface area contributed by atoms with Crippen molar-refractivity contribution in [3.05, 3.63) is 70.8 Å². The summed E-state index contributed by atoms with van der Waals surface area (Å²) in [5.41, 5.74) is 2.88. The van der Waals surface area contributed by atoms with E-state index in [-0.39, 0.29) is 0 Å². The Morgan fingerprint density at radius 3 is 2.32 bits per heavy atom. The molecule has 3 aromatic rings. The molecule has 0 fully saturated rings. The van der Waals surface area contributed by atoms with Crippen LogP contribution in [0.2, 0.25) is 10.0 Å². The molecule has 0 amide bonds. The van der Waals surface area contributed by atoms with Crippen LogP contribution >= 0.6 is 23.2 Å². The zero-order valence-corrected chi connectivity index (χ0v) is 11.4. The Balaban J connectivity index is 2.13. The van der Waals surface area contributed by atoms with Crippen molar-refractivity contribution in [2.75, 3.05) is 0 Å². The van der Waals surface area contributed by atoms with Crippen molar-refractivity contribution in [1.29, 1.82) is 0 Å². The van der Waals surface area contributed by atoms with Crippen LogP contribution in [0, 0.1) is 0 Å². The van der Waals surface area contributed by atoms with Gasteiger partial charge in [0.1, 0.15) is 0 Å². The molecule has 0 saturated heterocycles. The summed E-state index contributed by atoms with van der Waals surface area (Å²) >= 11 is 12.1. The quantitative estimate of drug-likeness (QED) is 0.659. The van der Waals surface area contributed by atoms with Gasteiger partial charge in [0, 0.05) is 10.6 Å². The number of halogens is 2. The average molecular weight is 289 g/mol. The van der Waals surface area contributed by atoms with Crippen LogP contribution in [0.25, 0.3) is 16.9 Å².